The predicted octanol–water partition coefficient (Wildman–Crippen LogP) is 4.89. The van der Waals surface area contributed by atoms with Crippen LogP contribution in [0.1, 0.15) is 47.6 Å². The van der Waals surface area contributed by atoms with Crippen molar-refractivity contribution in [3.63, 3.8) is 0 Å². The number of carbonyl (C=O) groups excluding carboxylic acids is 2. The number of carbonyl (C=O) groups is 2. The summed E-state index contributed by atoms with van der Waals surface area (Å²) in [5.41, 5.74) is 2.60. The van der Waals surface area contributed by atoms with E-state index in [4.69, 9.17) is 23.2 Å². The molecule has 0 spiro atoms. The highest BCUT2D eigenvalue weighted by Crippen LogP contribution is 2.28. The second-order valence-corrected chi connectivity index (χ2v) is 10.7. The molecule has 0 saturated heterocycles. The Labute approximate surface area is 229 Å². The van der Waals surface area contributed by atoms with Gasteiger partial charge >= 0.3 is 0 Å². The normalized spacial score (nSPS) is 12.1. The number of aromatic amines is 1. The van der Waals surface area contributed by atoms with Gasteiger partial charge in [-0.25, -0.2) is 4.98 Å². The summed E-state index contributed by atoms with van der Waals surface area (Å²) in [4.78, 5) is 29.5. The van der Waals surface area contributed by atoms with Crippen LogP contribution in [-0.2, 0) is 11.3 Å². The average Bonchev–Trinajstić information content (AvgIpc) is 3.45. The molecule has 0 bridgehead atoms. The molecule has 3 aromatic rings. The van der Waals surface area contributed by atoms with Crippen molar-refractivity contribution in [1.82, 2.24) is 30.3 Å². The van der Waals surface area contributed by atoms with Crippen LogP contribution < -0.4 is 10.6 Å². The average molecular weight is 571 g/mol. The van der Waals surface area contributed by atoms with Crippen molar-refractivity contribution in [3.8, 4) is 11.1 Å². The third-order valence-corrected chi connectivity index (χ3v) is 6.84. The highest BCUT2D eigenvalue weighted by Gasteiger charge is 2.24. The number of H-pyrrole nitrogens is 1. The molecule has 3 N–H and O–H groups in total. The summed E-state index contributed by atoms with van der Waals surface area (Å²) in [5, 5.41) is 16.5. The van der Waals surface area contributed by atoms with Gasteiger partial charge in [0.15, 0.2) is 0 Å². The van der Waals surface area contributed by atoms with Gasteiger partial charge in [0.05, 0.1) is 5.69 Å². The van der Waals surface area contributed by atoms with Gasteiger partial charge in [0, 0.05) is 29.6 Å². The molecule has 0 aliphatic carbocycles. The standard InChI is InChI=1S/C24H30Cl2FN7O2S/c1-14-21(15(2)33-32-14)16-8-9-20(30-22(16)27)31-23(35)17(6-4-7-19(25)26)29-24(36)18-10-11-28-34(18)12-5-13-37-3/h8-11,17,19H,4-7,12-13H2,1-3H3,(H,29,36)(H,32,33)(H,30,31,35)/t17-/m1/s1. The Balaban J connectivity index is 1.74. The number of aromatic nitrogens is 5. The zero-order valence-electron chi connectivity index (χ0n) is 20.9. The molecular formula is C24H30Cl2FN7O2S. The van der Waals surface area contributed by atoms with Gasteiger partial charge in [-0.3, -0.25) is 19.4 Å². The number of alkyl halides is 2. The largest absolute Gasteiger partial charge is 0.339 e. The van der Waals surface area contributed by atoms with E-state index in [2.05, 4.69) is 30.9 Å². The number of aryl methyl sites for hydroxylation is 3. The molecule has 13 heteroatoms. The van der Waals surface area contributed by atoms with Gasteiger partial charge in [-0.15, -0.1) is 23.2 Å². The van der Waals surface area contributed by atoms with Crippen LogP contribution in [0, 0.1) is 19.8 Å². The van der Waals surface area contributed by atoms with E-state index in [9.17, 15) is 14.0 Å². The van der Waals surface area contributed by atoms with E-state index in [0.29, 0.717) is 42.0 Å². The first-order valence-corrected chi connectivity index (χ1v) is 14.1. The monoisotopic (exact) mass is 569 g/mol. The van der Waals surface area contributed by atoms with E-state index in [1.165, 1.54) is 12.1 Å². The van der Waals surface area contributed by atoms with Gasteiger partial charge in [0.25, 0.3) is 5.91 Å². The minimum Gasteiger partial charge on any atom is -0.339 e. The molecule has 200 valence electrons. The topological polar surface area (TPSA) is 118 Å². The van der Waals surface area contributed by atoms with Crippen LogP contribution in [0.25, 0.3) is 11.1 Å². The second-order valence-electron chi connectivity index (χ2n) is 8.47. The quantitative estimate of drug-likeness (QED) is 0.153. The minimum atomic E-state index is -0.919. The Morgan fingerprint density at radius 2 is 1.97 bits per heavy atom. The van der Waals surface area contributed by atoms with Crippen LogP contribution in [0.5, 0.6) is 0 Å². The van der Waals surface area contributed by atoms with Crippen molar-refractivity contribution in [2.24, 2.45) is 0 Å². The molecule has 9 nitrogen and oxygen atoms in total. The summed E-state index contributed by atoms with van der Waals surface area (Å²) in [6.07, 6.45) is 5.63. The van der Waals surface area contributed by atoms with E-state index >= 15 is 0 Å². The summed E-state index contributed by atoms with van der Waals surface area (Å²) < 4.78 is 16.5. The summed E-state index contributed by atoms with van der Waals surface area (Å²) in [7, 11) is 0. The SMILES string of the molecule is CSCCCn1nccc1C(=O)N[C@H](CCCC(Cl)Cl)C(=O)Nc1ccc(-c2c(C)n[nH]c2C)c(F)n1. The lowest BCUT2D eigenvalue weighted by molar-refractivity contribution is -0.118. The number of nitrogens with one attached hydrogen (secondary N) is 3. The lowest BCUT2D eigenvalue weighted by Crippen LogP contribution is -2.44. The number of nitrogens with zero attached hydrogens (tertiary/aromatic N) is 4. The van der Waals surface area contributed by atoms with Crippen LogP contribution >= 0.6 is 35.0 Å². The Morgan fingerprint density at radius 3 is 2.62 bits per heavy atom. The van der Waals surface area contributed by atoms with Gasteiger partial charge in [-0.2, -0.15) is 26.3 Å². The number of pyridine rings is 1. The molecule has 1 atom stereocenters. The molecule has 37 heavy (non-hydrogen) atoms. The van der Waals surface area contributed by atoms with E-state index in [0.717, 1.165) is 12.2 Å². The van der Waals surface area contributed by atoms with Gasteiger partial charge in [-0.05, 0) is 69.7 Å². The van der Waals surface area contributed by atoms with Crippen molar-refractivity contribution in [2.75, 3.05) is 17.3 Å². The minimum absolute atomic E-state index is 0.0268. The van der Waals surface area contributed by atoms with Gasteiger partial charge < -0.3 is 10.6 Å². The fourth-order valence-electron chi connectivity index (χ4n) is 3.89. The third-order valence-electron chi connectivity index (χ3n) is 5.70. The predicted molar refractivity (Wildman–Crippen MR) is 146 cm³/mol. The molecule has 0 aromatic carbocycles. The van der Waals surface area contributed by atoms with Crippen molar-refractivity contribution in [1.29, 1.82) is 0 Å². The Hall–Kier alpha value is -2.63. The van der Waals surface area contributed by atoms with Crippen LogP contribution in [0.3, 0.4) is 0 Å². The molecule has 3 aromatic heterocycles. The fourth-order valence-corrected chi connectivity index (χ4v) is 4.62. The Bertz CT molecular complexity index is 1200. The number of hydrogen-bond donors (Lipinski definition) is 3. The molecule has 0 aliphatic rings. The van der Waals surface area contributed by atoms with Gasteiger partial charge in [-0.1, -0.05) is 0 Å². The molecule has 0 radical (unpaired) electrons. The number of anilines is 1. The van der Waals surface area contributed by atoms with Crippen LogP contribution in [-0.4, -0.2) is 59.7 Å². The molecular weight excluding hydrogens is 540 g/mol. The van der Waals surface area contributed by atoms with E-state index in [1.807, 2.05) is 6.26 Å². The maximum Gasteiger partial charge on any atom is 0.270 e. The third kappa shape index (κ3) is 7.93. The highest BCUT2D eigenvalue weighted by molar-refractivity contribution is 7.98. The summed E-state index contributed by atoms with van der Waals surface area (Å²) in [6.45, 7) is 4.14. The van der Waals surface area contributed by atoms with Crippen molar-refractivity contribution in [2.45, 2.75) is 57.0 Å². The molecule has 0 saturated carbocycles. The van der Waals surface area contributed by atoms with E-state index in [1.54, 1.807) is 42.6 Å². The maximum atomic E-state index is 14.9. The van der Waals surface area contributed by atoms with Crippen LogP contribution in [0.15, 0.2) is 24.4 Å². The number of hydrogen-bond acceptors (Lipinski definition) is 6. The van der Waals surface area contributed by atoms with Crippen LogP contribution in [0.2, 0.25) is 0 Å². The van der Waals surface area contributed by atoms with Crippen molar-refractivity contribution in [3.05, 3.63) is 47.4 Å². The van der Waals surface area contributed by atoms with Gasteiger partial charge in [0.1, 0.15) is 22.4 Å². The first-order valence-electron chi connectivity index (χ1n) is 11.8. The first-order chi connectivity index (χ1) is 17.7. The van der Waals surface area contributed by atoms with E-state index in [-0.39, 0.29) is 17.8 Å². The fraction of sp³-hybridized carbons (Fsp3) is 0.458. The van der Waals surface area contributed by atoms with Gasteiger partial charge in [0.2, 0.25) is 11.9 Å². The number of thioether (sulfide) groups is 1. The molecule has 0 aliphatic heterocycles. The second kappa shape index (κ2) is 13.8. The maximum absolute atomic E-state index is 14.9. The number of rotatable bonds is 13. The Kier molecular flexibility index (Phi) is 10.8. The lowest BCUT2D eigenvalue weighted by atomic mass is 10.1. The van der Waals surface area contributed by atoms with Crippen LogP contribution in [0.4, 0.5) is 10.2 Å². The first kappa shape index (κ1) is 28.9. The summed E-state index contributed by atoms with van der Waals surface area (Å²) in [5.74, 6) is -0.744. The molecule has 3 heterocycles. The zero-order valence-corrected chi connectivity index (χ0v) is 23.2. The number of halogens is 3. The molecule has 2 amide bonds. The lowest BCUT2D eigenvalue weighted by Gasteiger charge is -2.19. The smallest absolute Gasteiger partial charge is 0.270 e. The molecule has 0 fully saturated rings. The molecule has 0 unspecified atom stereocenters. The summed E-state index contributed by atoms with van der Waals surface area (Å²) >= 11 is 13.4. The summed E-state index contributed by atoms with van der Waals surface area (Å²) in [6, 6.07) is 3.73. The van der Waals surface area contributed by atoms with Crippen molar-refractivity contribution < 1.29 is 14.0 Å². The van der Waals surface area contributed by atoms with E-state index < -0.39 is 28.6 Å². The van der Waals surface area contributed by atoms with Crippen molar-refractivity contribution >= 4 is 52.6 Å². The highest BCUT2D eigenvalue weighted by atomic mass is 35.5. The number of amides is 2. The zero-order chi connectivity index (χ0) is 26.9. The Morgan fingerprint density at radius 1 is 1.19 bits per heavy atom. The molecule has 3 rings (SSSR count).